The van der Waals surface area contributed by atoms with Crippen molar-refractivity contribution in [2.75, 3.05) is 6.61 Å². The van der Waals surface area contributed by atoms with Gasteiger partial charge in [0.1, 0.15) is 29.4 Å². The van der Waals surface area contributed by atoms with Gasteiger partial charge in [0.05, 0.1) is 15.7 Å². The average molecular weight is 533 g/mol. The maximum absolute atomic E-state index is 13.6. The fraction of sp³-hybridized carbons (Fsp3) is 0.259. The lowest BCUT2D eigenvalue weighted by Gasteiger charge is -2.30. The zero-order chi connectivity index (χ0) is 27.0. The molecule has 3 aromatic rings. The molecule has 1 aliphatic rings. The van der Waals surface area contributed by atoms with Gasteiger partial charge in [-0.25, -0.2) is 18.3 Å². The Labute approximate surface area is 214 Å². The summed E-state index contributed by atoms with van der Waals surface area (Å²) in [6.45, 7) is 5.11. The summed E-state index contributed by atoms with van der Waals surface area (Å²) in [5.41, 5.74) is -1.05. The number of nitrogens with zero attached hydrogens (tertiary/aromatic N) is 1. The van der Waals surface area contributed by atoms with Crippen molar-refractivity contribution in [3.8, 4) is 17.0 Å². The highest BCUT2D eigenvalue weighted by atomic mass is 32.2. The van der Waals surface area contributed by atoms with Gasteiger partial charge in [0.2, 0.25) is 0 Å². The van der Waals surface area contributed by atoms with Gasteiger partial charge < -0.3 is 4.74 Å². The highest BCUT2D eigenvalue weighted by molar-refractivity contribution is 7.84. The number of rotatable bonds is 6. The molecule has 194 valence electrons. The predicted octanol–water partition coefficient (Wildman–Crippen LogP) is 5.99. The van der Waals surface area contributed by atoms with Crippen molar-refractivity contribution in [1.29, 1.82) is 0 Å². The van der Waals surface area contributed by atoms with E-state index in [1.54, 1.807) is 32.9 Å². The first-order valence-electron chi connectivity index (χ1n) is 11.3. The first kappa shape index (κ1) is 26.7. The molecule has 0 aliphatic carbocycles. The summed E-state index contributed by atoms with van der Waals surface area (Å²) in [5, 5.41) is 0. The Bertz CT molecular complexity index is 1370. The number of nitrogens with one attached hydrogen (secondary N) is 1. The second-order valence-corrected chi connectivity index (χ2v) is 11.5. The molecule has 0 bridgehead atoms. The number of carbonyl (C=O) groups excluding carboxylic acids is 1. The van der Waals surface area contributed by atoms with Crippen LogP contribution in [0.15, 0.2) is 66.7 Å². The van der Waals surface area contributed by atoms with Crippen LogP contribution >= 0.6 is 0 Å². The number of aromatic nitrogens is 1. The first-order chi connectivity index (χ1) is 17.3. The van der Waals surface area contributed by atoms with Gasteiger partial charge in [0.25, 0.3) is 5.78 Å². The molecule has 2 atom stereocenters. The SMILES string of the molecule is CC(C)(C)S(=O)NC1(/C=C/c2ccccc2)COc2c1cc(C(=O)C(F)(F)F)nc2-c1ccc(F)cc1. The fourth-order valence-electron chi connectivity index (χ4n) is 3.72. The zero-order valence-electron chi connectivity index (χ0n) is 20.2. The third kappa shape index (κ3) is 5.65. The van der Waals surface area contributed by atoms with Gasteiger partial charge in [-0.1, -0.05) is 42.5 Å². The molecule has 1 aromatic heterocycles. The van der Waals surface area contributed by atoms with E-state index in [9.17, 15) is 26.6 Å². The molecule has 0 fully saturated rings. The summed E-state index contributed by atoms with van der Waals surface area (Å²) in [4.78, 5) is 16.3. The predicted molar refractivity (Wildman–Crippen MR) is 134 cm³/mol. The number of Topliss-reactive ketones (excluding diaryl/α,β-unsaturated/α-hetero) is 1. The molecule has 10 heteroatoms. The smallest absolute Gasteiger partial charge is 0.456 e. The molecule has 2 aromatic carbocycles. The Kier molecular flexibility index (Phi) is 7.09. The van der Waals surface area contributed by atoms with Crippen LogP contribution in [-0.2, 0) is 16.5 Å². The molecular weight excluding hydrogens is 508 g/mol. The van der Waals surface area contributed by atoms with Crippen molar-refractivity contribution in [1.82, 2.24) is 9.71 Å². The van der Waals surface area contributed by atoms with Gasteiger partial charge >= 0.3 is 6.18 Å². The Hall–Kier alpha value is -3.37. The minimum atomic E-state index is -5.18. The van der Waals surface area contributed by atoms with Crippen molar-refractivity contribution < 1.29 is 31.3 Å². The molecule has 0 radical (unpaired) electrons. The fourth-order valence-corrected chi connectivity index (χ4v) is 4.59. The Morgan fingerprint density at radius 1 is 1.08 bits per heavy atom. The van der Waals surface area contributed by atoms with Crippen LogP contribution in [-0.4, -0.2) is 32.5 Å². The number of halogens is 4. The Morgan fingerprint density at radius 2 is 1.73 bits per heavy atom. The van der Waals surface area contributed by atoms with Gasteiger partial charge in [0, 0.05) is 11.1 Å². The van der Waals surface area contributed by atoms with Crippen LogP contribution in [0.4, 0.5) is 17.6 Å². The van der Waals surface area contributed by atoms with Gasteiger partial charge in [-0.2, -0.15) is 13.2 Å². The van der Waals surface area contributed by atoms with Crippen LogP contribution < -0.4 is 9.46 Å². The summed E-state index contributed by atoms with van der Waals surface area (Å²) in [6, 6.07) is 15.1. The lowest BCUT2D eigenvalue weighted by molar-refractivity contribution is -0.0888. The largest absolute Gasteiger partial charge is 0.488 e. The quantitative estimate of drug-likeness (QED) is 0.313. The highest BCUT2D eigenvalue weighted by Crippen LogP contribution is 2.45. The minimum absolute atomic E-state index is 0.0524. The maximum Gasteiger partial charge on any atom is 0.456 e. The molecule has 5 nitrogen and oxygen atoms in total. The molecule has 2 unspecified atom stereocenters. The van der Waals surface area contributed by atoms with E-state index in [1.165, 1.54) is 12.1 Å². The van der Waals surface area contributed by atoms with Crippen molar-refractivity contribution in [3.63, 3.8) is 0 Å². The number of pyridine rings is 1. The number of carbonyl (C=O) groups is 1. The second-order valence-electron chi connectivity index (χ2n) is 9.55. The van der Waals surface area contributed by atoms with Crippen molar-refractivity contribution in [3.05, 3.63) is 89.4 Å². The van der Waals surface area contributed by atoms with Crippen molar-refractivity contribution in [2.24, 2.45) is 0 Å². The number of hydrogen-bond donors (Lipinski definition) is 1. The number of ketones is 1. The molecule has 4 rings (SSSR count). The van der Waals surface area contributed by atoms with Crippen molar-refractivity contribution >= 4 is 22.8 Å². The van der Waals surface area contributed by atoms with Crippen LogP contribution in [0.2, 0.25) is 0 Å². The molecular formula is C27H24F4N2O3S. The topological polar surface area (TPSA) is 68.3 Å². The lowest BCUT2D eigenvalue weighted by atomic mass is 9.90. The van der Waals surface area contributed by atoms with Gasteiger partial charge in [0.15, 0.2) is 5.75 Å². The third-order valence-corrected chi connectivity index (χ3v) is 7.36. The van der Waals surface area contributed by atoms with E-state index in [-0.39, 0.29) is 29.2 Å². The van der Waals surface area contributed by atoms with Crippen LogP contribution in [0, 0.1) is 5.82 Å². The van der Waals surface area contributed by atoms with Crippen LogP contribution in [0.25, 0.3) is 17.3 Å². The summed E-state index contributed by atoms with van der Waals surface area (Å²) in [6.07, 6.45) is -1.78. The third-order valence-electron chi connectivity index (χ3n) is 5.70. The molecule has 0 spiro atoms. The number of alkyl halides is 3. The average Bonchev–Trinajstić information content (AvgIpc) is 3.20. The molecule has 1 N–H and O–H groups in total. The lowest BCUT2D eigenvalue weighted by Crippen LogP contribution is -2.48. The van der Waals surface area contributed by atoms with E-state index >= 15 is 0 Å². The first-order valence-corrected chi connectivity index (χ1v) is 12.4. The summed E-state index contributed by atoms with van der Waals surface area (Å²) in [7, 11) is -1.68. The molecule has 0 saturated heterocycles. The van der Waals surface area contributed by atoms with Gasteiger partial charge in [-0.15, -0.1) is 0 Å². The highest BCUT2D eigenvalue weighted by Gasteiger charge is 2.46. The Balaban J connectivity index is 1.96. The van der Waals surface area contributed by atoms with Crippen LogP contribution in [0.3, 0.4) is 0 Å². The summed E-state index contributed by atoms with van der Waals surface area (Å²) < 4.78 is 75.4. The van der Waals surface area contributed by atoms with E-state index in [0.717, 1.165) is 23.8 Å². The molecule has 37 heavy (non-hydrogen) atoms. The van der Waals surface area contributed by atoms with Crippen LogP contribution in [0.5, 0.6) is 5.75 Å². The number of hydrogen-bond acceptors (Lipinski definition) is 4. The van der Waals surface area contributed by atoms with E-state index in [4.69, 9.17) is 4.74 Å². The molecule has 2 heterocycles. The normalized spacial score (nSPS) is 18.5. The van der Waals surface area contributed by atoms with E-state index in [0.29, 0.717) is 0 Å². The van der Waals surface area contributed by atoms with Gasteiger partial charge in [-0.05, 0) is 56.7 Å². The minimum Gasteiger partial charge on any atom is -0.488 e. The van der Waals surface area contributed by atoms with E-state index in [2.05, 4.69) is 9.71 Å². The monoisotopic (exact) mass is 532 g/mol. The second kappa shape index (κ2) is 9.83. The standard InChI is InChI=1S/C27H24F4N2O3S/c1-25(2,3)37(35)33-26(14-13-17-7-5-4-6-8-17)16-36-23-20(26)15-21(24(34)27(29,30)31)32-22(23)18-9-11-19(28)12-10-18/h4-15,33H,16H2,1-3H3/b14-13+. The number of benzene rings is 2. The van der Waals surface area contributed by atoms with Crippen molar-refractivity contribution in [2.45, 2.75) is 37.2 Å². The summed E-state index contributed by atoms with van der Waals surface area (Å²) in [5.74, 6) is -2.57. The maximum atomic E-state index is 13.6. The number of ether oxygens (including phenoxy) is 1. The van der Waals surface area contributed by atoms with Gasteiger partial charge in [-0.3, -0.25) is 4.79 Å². The molecule has 0 saturated carbocycles. The molecule has 1 aliphatic heterocycles. The number of fused-ring (bicyclic) bond motifs is 1. The van der Waals surface area contributed by atoms with E-state index in [1.807, 2.05) is 30.3 Å². The van der Waals surface area contributed by atoms with E-state index < -0.39 is 44.7 Å². The van der Waals surface area contributed by atoms with Crippen LogP contribution in [0.1, 0.15) is 42.4 Å². The molecule has 0 amide bonds. The Morgan fingerprint density at radius 3 is 2.32 bits per heavy atom. The zero-order valence-corrected chi connectivity index (χ0v) is 21.0. The summed E-state index contributed by atoms with van der Waals surface area (Å²) >= 11 is 0.